The number of nitrogens with one attached hydrogen (secondary N) is 1. The fraction of sp³-hybridized carbons (Fsp3) is 0.455. The van der Waals surface area contributed by atoms with Crippen molar-refractivity contribution in [1.82, 2.24) is 14.8 Å². The van der Waals surface area contributed by atoms with E-state index in [1.807, 2.05) is 30.6 Å². The number of rotatable bonds is 5. The Labute approximate surface area is 105 Å². The molecule has 2 aromatic heterocycles. The zero-order chi connectivity index (χ0) is 12.3. The Balaban J connectivity index is 1.91. The van der Waals surface area contributed by atoms with E-state index in [0.717, 1.165) is 24.9 Å². The molecule has 2 rings (SSSR count). The summed E-state index contributed by atoms with van der Waals surface area (Å²) in [6.45, 7) is 0.871. The summed E-state index contributed by atoms with van der Waals surface area (Å²) >= 11 is 1.73. The molecule has 0 aliphatic carbocycles. The van der Waals surface area contributed by atoms with Gasteiger partial charge in [-0.2, -0.15) is 11.3 Å². The fourth-order valence-corrected chi connectivity index (χ4v) is 2.32. The van der Waals surface area contributed by atoms with E-state index in [1.54, 1.807) is 11.3 Å². The van der Waals surface area contributed by atoms with Crippen LogP contribution in [0.2, 0.25) is 0 Å². The van der Waals surface area contributed by atoms with Crippen LogP contribution in [0.25, 0.3) is 0 Å². The predicted octanol–water partition coefficient (Wildman–Crippen LogP) is 1.60. The molecular weight excluding hydrogens is 234 g/mol. The summed E-state index contributed by atoms with van der Waals surface area (Å²) in [7, 11) is 5.88. The second-order valence-electron chi connectivity index (χ2n) is 4.09. The van der Waals surface area contributed by atoms with Gasteiger partial charge in [0.25, 0.3) is 0 Å². The molecule has 2 aromatic rings. The normalized spacial score (nSPS) is 10.5. The first-order valence-corrected chi connectivity index (χ1v) is 6.44. The molecule has 92 valence electrons. The van der Waals surface area contributed by atoms with Crippen molar-refractivity contribution in [2.45, 2.75) is 6.42 Å². The standard InChI is InChI=1S/C11H17N5S/c1-15(2)11-14-13-10(16(11)3)12-6-4-9-5-7-17-8-9/h5,7-8H,4,6H2,1-3H3,(H,12,13). The van der Waals surface area contributed by atoms with Gasteiger partial charge in [0.05, 0.1) is 0 Å². The van der Waals surface area contributed by atoms with Crippen LogP contribution in [0.4, 0.5) is 11.9 Å². The zero-order valence-corrected chi connectivity index (χ0v) is 11.2. The van der Waals surface area contributed by atoms with Crippen LogP contribution in [-0.2, 0) is 13.5 Å². The minimum Gasteiger partial charge on any atom is -0.354 e. The van der Waals surface area contributed by atoms with E-state index in [2.05, 4.69) is 32.3 Å². The topological polar surface area (TPSA) is 46.0 Å². The van der Waals surface area contributed by atoms with Gasteiger partial charge in [0.2, 0.25) is 11.9 Å². The van der Waals surface area contributed by atoms with Crippen LogP contribution in [0.3, 0.4) is 0 Å². The van der Waals surface area contributed by atoms with E-state index in [0.29, 0.717) is 0 Å². The van der Waals surface area contributed by atoms with Crippen molar-refractivity contribution in [1.29, 1.82) is 0 Å². The van der Waals surface area contributed by atoms with Gasteiger partial charge in [-0.25, -0.2) is 0 Å². The Bertz CT molecular complexity index is 460. The lowest BCUT2D eigenvalue weighted by Crippen LogP contribution is -2.15. The summed E-state index contributed by atoms with van der Waals surface area (Å²) in [6.07, 6.45) is 1.01. The van der Waals surface area contributed by atoms with Crippen molar-refractivity contribution >= 4 is 23.2 Å². The number of hydrogen-bond acceptors (Lipinski definition) is 5. The zero-order valence-electron chi connectivity index (χ0n) is 10.3. The van der Waals surface area contributed by atoms with Crippen molar-refractivity contribution in [2.75, 3.05) is 30.9 Å². The highest BCUT2D eigenvalue weighted by Gasteiger charge is 2.08. The van der Waals surface area contributed by atoms with Crippen LogP contribution in [-0.4, -0.2) is 35.4 Å². The summed E-state index contributed by atoms with van der Waals surface area (Å²) in [5, 5.41) is 15.8. The molecule has 0 aliphatic rings. The third-order valence-electron chi connectivity index (χ3n) is 2.53. The molecule has 0 aromatic carbocycles. The molecule has 0 radical (unpaired) electrons. The Morgan fingerprint density at radius 1 is 1.41 bits per heavy atom. The summed E-state index contributed by atoms with van der Waals surface area (Å²) in [4.78, 5) is 1.94. The van der Waals surface area contributed by atoms with Crippen LogP contribution in [0.15, 0.2) is 16.8 Å². The number of thiophene rings is 1. The van der Waals surface area contributed by atoms with Gasteiger partial charge >= 0.3 is 0 Å². The Kier molecular flexibility index (Phi) is 3.63. The second-order valence-corrected chi connectivity index (χ2v) is 4.87. The third-order valence-corrected chi connectivity index (χ3v) is 3.26. The molecule has 0 spiro atoms. The van der Waals surface area contributed by atoms with Crippen LogP contribution >= 0.6 is 11.3 Å². The van der Waals surface area contributed by atoms with Gasteiger partial charge in [0.1, 0.15) is 0 Å². The van der Waals surface area contributed by atoms with E-state index in [-0.39, 0.29) is 0 Å². The van der Waals surface area contributed by atoms with Gasteiger partial charge in [-0.1, -0.05) is 0 Å². The quantitative estimate of drug-likeness (QED) is 0.876. The van der Waals surface area contributed by atoms with E-state index >= 15 is 0 Å². The van der Waals surface area contributed by atoms with E-state index in [1.165, 1.54) is 5.56 Å². The first-order chi connectivity index (χ1) is 8.18. The SMILES string of the molecule is CN(C)c1nnc(NCCc2ccsc2)n1C. The maximum absolute atomic E-state index is 4.12. The smallest absolute Gasteiger partial charge is 0.227 e. The molecule has 0 amide bonds. The molecule has 0 unspecified atom stereocenters. The predicted molar refractivity (Wildman–Crippen MR) is 71.8 cm³/mol. The molecule has 5 nitrogen and oxygen atoms in total. The lowest BCUT2D eigenvalue weighted by molar-refractivity contribution is 0.859. The molecule has 2 heterocycles. The van der Waals surface area contributed by atoms with Gasteiger partial charge in [0.15, 0.2) is 0 Å². The molecule has 17 heavy (non-hydrogen) atoms. The maximum Gasteiger partial charge on any atom is 0.227 e. The minimum atomic E-state index is 0.809. The van der Waals surface area contributed by atoms with Gasteiger partial charge < -0.3 is 10.2 Å². The average molecular weight is 251 g/mol. The second kappa shape index (κ2) is 5.18. The summed E-state index contributed by atoms with van der Waals surface area (Å²) in [5.41, 5.74) is 1.36. The Hall–Kier alpha value is -1.56. The highest BCUT2D eigenvalue weighted by atomic mass is 32.1. The molecule has 0 bridgehead atoms. The number of hydrogen-bond donors (Lipinski definition) is 1. The van der Waals surface area contributed by atoms with E-state index in [9.17, 15) is 0 Å². The molecule has 0 aliphatic heterocycles. The van der Waals surface area contributed by atoms with Gasteiger partial charge in [0, 0.05) is 27.7 Å². The monoisotopic (exact) mass is 251 g/mol. The van der Waals surface area contributed by atoms with Gasteiger partial charge in [-0.3, -0.25) is 4.57 Å². The number of anilines is 2. The molecule has 0 saturated carbocycles. The lowest BCUT2D eigenvalue weighted by Gasteiger charge is -2.11. The van der Waals surface area contributed by atoms with Crippen LogP contribution < -0.4 is 10.2 Å². The largest absolute Gasteiger partial charge is 0.354 e. The van der Waals surface area contributed by atoms with Gasteiger partial charge in [-0.15, -0.1) is 10.2 Å². The van der Waals surface area contributed by atoms with Crippen molar-refractivity contribution in [2.24, 2.45) is 7.05 Å². The first-order valence-electron chi connectivity index (χ1n) is 5.50. The van der Waals surface area contributed by atoms with E-state index in [4.69, 9.17) is 0 Å². The van der Waals surface area contributed by atoms with E-state index < -0.39 is 0 Å². The van der Waals surface area contributed by atoms with Gasteiger partial charge in [-0.05, 0) is 28.8 Å². The van der Waals surface area contributed by atoms with Crippen LogP contribution in [0.5, 0.6) is 0 Å². The summed E-state index contributed by atoms with van der Waals surface area (Å²) in [5.74, 6) is 1.66. The Morgan fingerprint density at radius 3 is 2.82 bits per heavy atom. The molecule has 0 fully saturated rings. The minimum absolute atomic E-state index is 0.809. The third kappa shape index (κ3) is 2.76. The van der Waals surface area contributed by atoms with Crippen molar-refractivity contribution in [3.8, 4) is 0 Å². The van der Waals surface area contributed by atoms with Crippen molar-refractivity contribution < 1.29 is 0 Å². The van der Waals surface area contributed by atoms with Crippen LogP contribution in [0.1, 0.15) is 5.56 Å². The number of aromatic nitrogens is 3. The maximum atomic E-state index is 4.12. The molecule has 0 atom stereocenters. The van der Waals surface area contributed by atoms with Crippen LogP contribution in [0, 0.1) is 0 Å². The molecule has 0 saturated heterocycles. The number of nitrogens with zero attached hydrogens (tertiary/aromatic N) is 4. The average Bonchev–Trinajstić information content (AvgIpc) is 2.89. The first kappa shape index (κ1) is 11.9. The summed E-state index contributed by atoms with van der Waals surface area (Å²) < 4.78 is 1.95. The molecule has 1 N–H and O–H groups in total. The lowest BCUT2D eigenvalue weighted by atomic mass is 10.2. The fourth-order valence-electron chi connectivity index (χ4n) is 1.62. The highest BCUT2D eigenvalue weighted by Crippen LogP contribution is 2.12. The summed E-state index contributed by atoms with van der Waals surface area (Å²) in [6, 6.07) is 2.15. The Morgan fingerprint density at radius 2 is 2.24 bits per heavy atom. The molecule has 6 heteroatoms. The molecular formula is C11H17N5S. The van der Waals surface area contributed by atoms with Crippen molar-refractivity contribution in [3.05, 3.63) is 22.4 Å². The highest BCUT2D eigenvalue weighted by molar-refractivity contribution is 7.07. The van der Waals surface area contributed by atoms with Crippen molar-refractivity contribution in [3.63, 3.8) is 0 Å².